The van der Waals surface area contributed by atoms with E-state index in [1.54, 1.807) is 6.07 Å². The second kappa shape index (κ2) is 4.37. The number of anilines is 1. The summed E-state index contributed by atoms with van der Waals surface area (Å²) in [6.45, 7) is 2.34. The van der Waals surface area contributed by atoms with Gasteiger partial charge in [-0.15, -0.1) is 0 Å². The molecule has 1 aliphatic rings. The van der Waals surface area contributed by atoms with Crippen LogP contribution in [0.4, 0.5) is 10.1 Å². The molecular weight excluding hydrogens is 293 g/mol. The zero-order valence-electron chi connectivity index (χ0n) is 8.70. The first kappa shape index (κ1) is 11.9. The Balaban J connectivity index is 2.41. The van der Waals surface area contributed by atoms with Gasteiger partial charge in [-0.05, 0) is 24.6 Å². The summed E-state index contributed by atoms with van der Waals surface area (Å²) in [5, 5.41) is -0.00384. The molecule has 0 aromatic heterocycles. The molecule has 2 nitrogen and oxygen atoms in total. The summed E-state index contributed by atoms with van der Waals surface area (Å²) < 4.78 is 14.4. The van der Waals surface area contributed by atoms with E-state index in [1.807, 2.05) is 6.92 Å². The van der Waals surface area contributed by atoms with Gasteiger partial charge in [-0.1, -0.05) is 15.9 Å². The Morgan fingerprint density at radius 3 is 2.81 bits per heavy atom. The third-order valence-electron chi connectivity index (χ3n) is 2.62. The fourth-order valence-electron chi connectivity index (χ4n) is 1.77. The zero-order chi connectivity index (χ0) is 11.9. The van der Waals surface area contributed by atoms with Crippen LogP contribution in [0.15, 0.2) is 16.6 Å². The Kier molecular flexibility index (Phi) is 3.26. The minimum Gasteiger partial charge on any atom is -0.308 e. The SMILES string of the molecule is Cc1cc(N2CC(S)CC2=O)c(F)cc1Br. The molecule has 0 N–H and O–H groups in total. The Bertz CT molecular complexity index is 452. The van der Waals surface area contributed by atoms with Crippen molar-refractivity contribution >= 4 is 40.2 Å². The Labute approximate surface area is 107 Å². The highest BCUT2D eigenvalue weighted by molar-refractivity contribution is 9.10. The van der Waals surface area contributed by atoms with Gasteiger partial charge in [0.25, 0.3) is 0 Å². The van der Waals surface area contributed by atoms with Crippen molar-refractivity contribution in [3.05, 3.63) is 28.0 Å². The number of amides is 1. The number of thiol groups is 1. The van der Waals surface area contributed by atoms with E-state index in [4.69, 9.17) is 0 Å². The van der Waals surface area contributed by atoms with Crippen molar-refractivity contribution in [2.24, 2.45) is 0 Å². The molecule has 1 saturated heterocycles. The van der Waals surface area contributed by atoms with Gasteiger partial charge in [0, 0.05) is 22.7 Å². The summed E-state index contributed by atoms with van der Waals surface area (Å²) in [6.07, 6.45) is 0.373. The van der Waals surface area contributed by atoms with E-state index < -0.39 is 0 Å². The molecule has 1 amide bonds. The molecule has 0 spiro atoms. The summed E-state index contributed by atoms with van der Waals surface area (Å²) in [6, 6.07) is 3.08. The second-order valence-corrected chi connectivity index (χ2v) is 5.50. The lowest BCUT2D eigenvalue weighted by Crippen LogP contribution is -2.25. The van der Waals surface area contributed by atoms with Crippen LogP contribution in [0.3, 0.4) is 0 Å². The monoisotopic (exact) mass is 303 g/mol. The molecule has 1 unspecified atom stereocenters. The zero-order valence-corrected chi connectivity index (χ0v) is 11.2. The number of benzene rings is 1. The maximum Gasteiger partial charge on any atom is 0.228 e. The second-order valence-electron chi connectivity index (χ2n) is 3.92. The standard InChI is InChI=1S/C11H11BrFNOS/c1-6-2-10(9(13)4-8(6)12)14-5-7(16)3-11(14)15/h2,4,7,16H,3,5H2,1H3. The first-order chi connectivity index (χ1) is 7.49. The Morgan fingerprint density at radius 2 is 2.25 bits per heavy atom. The van der Waals surface area contributed by atoms with Gasteiger partial charge in [-0.2, -0.15) is 12.6 Å². The minimum atomic E-state index is -0.381. The molecule has 1 atom stereocenters. The van der Waals surface area contributed by atoms with Crippen molar-refractivity contribution in [3.8, 4) is 0 Å². The topological polar surface area (TPSA) is 20.3 Å². The lowest BCUT2D eigenvalue weighted by atomic mass is 10.2. The van der Waals surface area contributed by atoms with E-state index in [0.717, 1.165) is 5.56 Å². The number of carbonyl (C=O) groups excluding carboxylic acids is 1. The van der Waals surface area contributed by atoms with Gasteiger partial charge >= 0.3 is 0 Å². The maximum absolute atomic E-state index is 13.7. The summed E-state index contributed by atoms with van der Waals surface area (Å²) in [7, 11) is 0. The Hall–Kier alpha value is -0.550. The van der Waals surface area contributed by atoms with E-state index in [9.17, 15) is 9.18 Å². The number of carbonyl (C=O) groups is 1. The van der Waals surface area contributed by atoms with Crippen molar-refractivity contribution in [1.82, 2.24) is 0 Å². The predicted molar refractivity (Wildman–Crippen MR) is 68.6 cm³/mol. The van der Waals surface area contributed by atoms with Gasteiger partial charge in [0.05, 0.1) is 5.69 Å². The van der Waals surface area contributed by atoms with Gasteiger partial charge in [-0.3, -0.25) is 4.79 Å². The highest BCUT2D eigenvalue weighted by Gasteiger charge is 2.30. The fraction of sp³-hybridized carbons (Fsp3) is 0.364. The quantitative estimate of drug-likeness (QED) is 0.791. The van der Waals surface area contributed by atoms with Crippen molar-refractivity contribution < 1.29 is 9.18 Å². The minimum absolute atomic E-state index is 0.00384. The molecule has 0 saturated carbocycles. The van der Waals surface area contributed by atoms with Crippen molar-refractivity contribution in [2.45, 2.75) is 18.6 Å². The average Bonchev–Trinajstić information content (AvgIpc) is 2.51. The van der Waals surface area contributed by atoms with Crippen molar-refractivity contribution in [1.29, 1.82) is 0 Å². The molecule has 1 heterocycles. The first-order valence-electron chi connectivity index (χ1n) is 4.93. The largest absolute Gasteiger partial charge is 0.308 e. The number of hydrogen-bond donors (Lipinski definition) is 1. The van der Waals surface area contributed by atoms with E-state index in [2.05, 4.69) is 28.6 Å². The molecule has 0 radical (unpaired) electrons. The smallest absolute Gasteiger partial charge is 0.228 e. The third kappa shape index (κ3) is 2.11. The van der Waals surface area contributed by atoms with Gasteiger partial charge in [0.1, 0.15) is 5.82 Å². The highest BCUT2D eigenvalue weighted by Crippen LogP contribution is 2.30. The van der Waals surface area contributed by atoms with Crippen LogP contribution in [0.5, 0.6) is 0 Å². The number of aryl methyl sites for hydroxylation is 1. The molecule has 86 valence electrons. The summed E-state index contributed by atoms with van der Waals surface area (Å²) >= 11 is 7.50. The van der Waals surface area contributed by atoms with Crippen LogP contribution in [0, 0.1) is 12.7 Å². The van der Waals surface area contributed by atoms with Crippen LogP contribution in [0.2, 0.25) is 0 Å². The van der Waals surface area contributed by atoms with Crippen LogP contribution >= 0.6 is 28.6 Å². The molecule has 1 aromatic carbocycles. The van der Waals surface area contributed by atoms with Crippen LogP contribution in [0.1, 0.15) is 12.0 Å². The number of rotatable bonds is 1. The first-order valence-corrected chi connectivity index (χ1v) is 6.24. The van der Waals surface area contributed by atoms with Crippen LogP contribution in [0.25, 0.3) is 0 Å². The van der Waals surface area contributed by atoms with E-state index >= 15 is 0 Å². The highest BCUT2D eigenvalue weighted by atomic mass is 79.9. The van der Waals surface area contributed by atoms with Crippen LogP contribution < -0.4 is 4.90 Å². The van der Waals surface area contributed by atoms with E-state index in [1.165, 1.54) is 11.0 Å². The van der Waals surface area contributed by atoms with Crippen LogP contribution in [-0.2, 0) is 4.79 Å². The number of hydrogen-bond acceptors (Lipinski definition) is 2. The normalized spacial score (nSPS) is 20.6. The fourth-order valence-corrected chi connectivity index (χ4v) is 2.41. The third-order valence-corrected chi connectivity index (χ3v) is 3.82. The van der Waals surface area contributed by atoms with E-state index in [-0.39, 0.29) is 17.0 Å². The van der Waals surface area contributed by atoms with Crippen molar-refractivity contribution in [2.75, 3.05) is 11.4 Å². The van der Waals surface area contributed by atoms with Gasteiger partial charge in [-0.25, -0.2) is 4.39 Å². The predicted octanol–water partition coefficient (Wildman–Crippen LogP) is 2.93. The molecular formula is C11H11BrFNOS. The molecule has 16 heavy (non-hydrogen) atoms. The molecule has 5 heteroatoms. The number of nitrogens with zero attached hydrogens (tertiary/aromatic N) is 1. The molecule has 1 aliphatic heterocycles. The lowest BCUT2D eigenvalue weighted by molar-refractivity contribution is -0.117. The summed E-state index contributed by atoms with van der Waals surface area (Å²) in [4.78, 5) is 13.1. The summed E-state index contributed by atoms with van der Waals surface area (Å²) in [5.41, 5.74) is 1.26. The molecule has 2 rings (SSSR count). The lowest BCUT2D eigenvalue weighted by Gasteiger charge is -2.18. The maximum atomic E-state index is 13.7. The van der Waals surface area contributed by atoms with Gasteiger partial charge in [0.15, 0.2) is 0 Å². The van der Waals surface area contributed by atoms with Crippen LogP contribution in [-0.4, -0.2) is 17.7 Å². The molecule has 1 aromatic rings. The number of halogens is 2. The van der Waals surface area contributed by atoms with Gasteiger partial charge in [0.2, 0.25) is 5.91 Å². The molecule has 0 bridgehead atoms. The molecule has 0 aliphatic carbocycles. The Morgan fingerprint density at radius 1 is 1.56 bits per heavy atom. The summed E-state index contributed by atoms with van der Waals surface area (Å²) in [5.74, 6) is -0.450. The van der Waals surface area contributed by atoms with Crippen molar-refractivity contribution in [3.63, 3.8) is 0 Å². The van der Waals surface area contributed by atoms with E-state index in [0.29, 0.717) is 23.1 Å². The van der Waals surface area contributed by atoms with Gasteiger partial charge < -0.3 is 4.90 Å². The molecule has 1 fully saturated rings. The average molecular weight is 304 g/mol.